The normalized spacial score (nSPS) is 11.8. The largest absolute Gasteiger partial charge is 0.435 e. The van der Waals surface area contributed by atoms with Crippen molar-refractivity contribution in [3.63, 3.8) is 0 Å². The SMILES string of the molecule is Cc1ccccc1-c1cc(C(F)(F)F)nn1C. The van der Waals surface area contributed by atoms with Gasteiger partial charge in [-0.25, -0.2) is 0 Å². The van der Waals surface area contributed by atoms with Gasteiger partial charge < -0.3 is 0 Å². The molecule has 5 heteroatoms. The van der Waals surface area contributed by atoms with E-state index in [1.54, 1.807) is 12.1 Å². The van der Waals surface area contributed by atoms with Crippen LogP contribution in [0.2, 0.25) is 0 Å². The van der Waals surface area contributed by atoms with Crippen LogP contribution in [0, 0.1) is 6.92 Å². The smallest absolute Gasteiger partial charge is 0.267 e. The molecule has 0 saturated heterocycles. The molecule has 0 unspecified atom stereocenters. The van der Waals surface area contributed by atoms with Crippen molar-refractivity contribution in [2.75, 3.05) is 0 Å². The number of aromatic nitrogens is 2. The Morgan fingerprint density at radius 2 is 1.82 bits per heavy atom. The molecule has 1 heterocycles. The number of rotatable bonds is 1. The van der Waals surface area contributed by atoms with Crippen LogP contribution in [-0.2, 0) is 13.2 Å². The zero-order valence-corrected chi connectivity index (χ0v) is 9.42. The Morgan fingerprint density at radius 1 is 1.18 bits per heavy atom. The van der Waals surface area contributed by atoms with Crippen molar-refractivity contribution in [1.29, 1.82) is 0 Å². The van der Waals surface area contributed by atoms with E-state index in [1.165, 1.54) is 11.7 Å². The number of hydrogen-bond donors (Lipinski definition) is 0. The van der Waals surface area contributed by atoms with Gasteiger partial charge in [-0.15, -0.1) is 0 Å². The van der Waals surface area contributed by atoms with Crippen molar-refractivity contribution in [2.45, 2.75) is 13.1 Å². The lowest BCUT2D eigenvalue weighted by molar-refractivity contribution is -0.141. The molecule has 0 radical (unpaired) electrons. The topological polar surface area (TPSA) is 17.8 Å². The first-order valence-electron chi connectivity index (χ1n) is 5.07. The summed E-state index contributed by atoms with van der Waals surface area (Å²) >= 11 is 0. The number of benzene rings is 1. The van der Waals surface area contributed by atoms with Crippen LogP contribution in [0.15, 0.2) is 30.3 Å². The molecule has 17 heavy (non-hydrogen) atoms. The van der Waals surface area contributed by atoms with E-state index < -0.39 is 11.9 Å². The standard InChI is InChI=1S/C12H11F3N2/c1-8-5-3-4-6-9(8)10-7-11(12(13,14)15)16-17(10)2/h3-7H,1-2H3. The Labute approximate surface area is 96.7 Å². The van der Waals surface area contributed by atoms with Crippen LogP contribution in [-0.4, -0.2) is 9.78 Å². The van der Waals surface area contributed by atoms with Crippen LogP contribution in [0.3, 0.4) is 0 Å². The summed E-state index contributed by atoms with van der Waals surface area (Å²) in [5.74, 6) is 0. The van der Waals surface area contributed by atoms with E-state index in [0.29, 0.717) is 5.69 Å². The number of alkyl halides is 3. The van der Waals surface area contributed by atoms with Gasteiger partial charge in [0, 0.05) is 12.6 Å². The van der Waals surface area contributed by atoms with Crippen LogP contribution in [0.5, 0.6) is 0 Å². The summed E-state index contributed by atoms with van der Waals surface area (Å²) in [6, 6.07) is 8.35. The van der Waals surface area contributed by atoms with Crippen LogP contribution in [0.4, 0.5) is 13.2 Å². The molecule has 2 aromatic rings. The first kappa shape index (κ1) is 11.7. The van der Waals surface area contributed by atoms with Crippen molar-refractivity contribution in [2.24, 2.45) is 7.05 Å². The highest BCUT2D eigenvalue weighted by Gasteiger charge is 2.34. The van der Waals surface area contributed by atoms with E-state index in [9.17, 15) is 13.2 Å². The van der Waals surface area contributed by atoms with Gasteiger partial charge >= 0.3 is 6.18 Å². The third-order valence-corrected chi connectivity index (χ3v) is 2.59. The van der Waals surface area contributed by atoms with Crippen molar-refractivity contribution in [3.8, 4) is 11.3 Å². The lowest BCUT2D eigenvalue weighted by Crippen LogP contribution is -2.06. The van der Waals surface area contributed by atoms with Gasteiger partial charge in [-0.05, 0) is 18.6 Å². The monoisotopic (exact) mass is 240 g/mol. The first-order valence-corrected chi connectivity index (χ1v) is 5.07. The molecular weight excluding hydrogens is 229 g/mol. The quantitative estimate of drug-likeness (QED) is 0.746. The second kappa shape index (κ2) is 3.91. The summed E-state index contributed by atoms with van der Waals surface area (Å²) in [6.45, 7) is 1.86. The van der Waals surface area contributed by atoms with Crippen molar-refractivity contribution in [3.05, 3.63) is 41.6 Å². The second-order valence-corrected chi connectivity index (χ2v) is 3.85. The lowest BCUT2D eigenvalue weighted by Gasteiger charge is -2.04. The molecule has 90 valence electrons. The Hall–Kier alpha value is -1.78. The highest BCUT2D eigenvalue weighted by atomic mass is 19.4. The summed E-state index contributed by atoms with van der Waals surface area (Å²) in [6.07, 6.45) is -4.40. The van der Waals surface area contributed by atoms with Gasteiger partial charge in [-0.2, -0.15) is 18.3 Å². The third kappa shape index (κ3) is 2.18. The number of aryl methyl sites for hydroxylation is 2. The molecule has 2 rings (SSSR count). The van der Waals surface area contributed by atoms with Gasteiger partial charge in [0.2, 0.25) is 0 Å². The summed E-state index contributed by atoms with van der Waals surface area (Å²) in [5, 5.41) is 3.49. The highest BCUT2D eigenvalue weighted by Crippen LogP contribution is 2.32. The molecule has 0 N–H and O–H groups in total. The van der Waals surface area contributed by atoms with Gasteiger partial charge in [0.05, 0.1) is 5.69 Å². The molecule has 0 aliphatic rings. The fourth-order valence-corrected chi connectivity index (χ4v) is 1.72. The van der Waals surface area contributed by atoms with Gasteiger partial charge in [0.1, 0.15) is 0 Å². The summed E-state index contributed by atoms with van der Waals surface area (Å²) in [5.41, 5.74) is 1.29. The molecule has 0 amide bonds. The van der Waals surface area contributed by atoms with E-state index in [1.807, 2.05) is 19.1 Å². The number of nitrogens with zero attached hydrogens (tertiary/aromatic N) is 2. The maximum Gasteiger partial charge on any atom is 0.435 e. The maximum atomic E-state index is 12.5. The minimum absolute atomic E-state index is 0.468. The lowest BCUT2D eigenvalue weighted by atomic mass is 10.1. The fourth-order valence-electron chi connectivity index (χ4n) is 1.72. The van der Waals surface area contributed by atoms with Crippen LogP contribution in [0.25, 0.3) is 11.3 Å². The summed E-state index contributed by atoms with van der Waals surface area (Å²) in [4.78, 5) is 0. The zero-order chi connectivity index (χ0) is 12.6. The molecule has 0 spiro atoms. The molecule has 0 atom stereocenters. The molecule has 0 aliphatic heterocycles. The Kier molecular flexibility index (Phi) is 2.69. The molecule has 2 nitrogen and oxygen atoms in total. The minimum Gasteiger partial charge on any atom is -0.267 e. The molecule has 0 aliphatic carbocycles. The van der Waals surface area contributed by atoms with Crippen LogP contribution < -0.4 is 0 Å². The molecule has 0 fully saturated rings. The third-order valence-electron chi connectivity index (χ3n) is 2.59. The van der Waals surface area contributed by atoms with Crippen molar-refractivity contribution < 1.29 is 13.2 Å². The predicted molar refractivity (Wildman–Crippen MR) is 58.4 cm³/mol. The van der Waals surface area contributed by atoms with E-state index in [2.05, 4.69) is 5.10 Å². The van der Waals surface area contributed by atoms with Crippen molar-refractivity contribution in [1.82, 2.24) is 9.78 Å². The fraction of sp³-hybridized carbons (Fsp3) is 0.250. The Bertz CT molecular complexity index is 541. The van der Waals surface area contributed by atoms with E-state index in [-0.39, 0.29) is 0 Å². The van der Waals surface area contributed by atoms with Gasteiger partial charge in [-0.1, -0.05) is 24.3 Å². The number of halogens is 3. The average Bonchev–Trinajstić information content (AvgIpc) is 2.61. The predicted octanol–water partition coefficient (Wildman–Crippen LogP) is 3.41. The summed E-state index contributed by atoms with van der Waals surface area (Å²) in [7, 11) is 1.51. The van der Waals surface area contributed by atoms with E-state index >= 15 is 0 Å². The molecule has 1 aromatic heterocycles. The average molecular weight is 240 g/mol. The number of hydrogen-bond acceptors (Lipinski definition) is 1. The first-order chi connectivity index (χ1) is 7.89. The van der Waals surface area contributed by atoms with Gasteiger partial charge in [0.25, 0.3) is 0 Å². The molecule has 0 saturated carbocycles. The second-order valence-electron chi connectivity index (χ2n) is 3.85. The van der Waals surface area contributed by atoms with Gasteiger partial charge in [0.15, 0.2) is 5.69 Å². The van der Waals surface area contributed by atoms with Crippen molar-refractivity contribution >= 4 is 0 Å². The highest BCUT2D eigenvalue weighted by molar-refractivity contribution is 5.64. The van der Waals surface area contributed by atoms with Crippen LogP contribution >= 0.6 is 0 Å². The van der Waals surface area contributed by atoms with Crippen LogP contribution in [0.1, 0.15) is 11.3 Å². The van der Waals surface area contributed by atoms with E-state index in [4.69, 9.17) is 0 Å². The molecule has 0 bridgehead atoms. The maximum absolute atomic E-state index is 12.5. The molecular formula is C12H11F3N2. The minimum atomic E-state index is -4.40. The molecule has 1 aromatic carbocycles. The zero-order valence-electron chi connectivity index (χ0n) is 9.42. The Balaban J connectivity index is 2.55. The van der Waals surface area contributed by atoms with Gasteiger partial charge in [-0.3, -0.25) is 4.68 Å². The Morgan fingerprint density at radius 3 is 2.35 bits per heavy atom. The summed E-state index contributed by atoms with van der Waals surface area (Å²) < 4.78 is 38.8. The van der Waals surface area contributed by atoms with E-state index in [0.717, 1.165) is 17.2 Å².